The van der Waals surface area contributed by atoms with Crippen molar-refractivity contribution in [2.24, 2.45) is 5.11 Å². The molecule has 3 aromatic carbocycles. The second-order valence-electron chi connectivity index (χ2n) is 13.1. The third-order valence-corrected chi connectivity index (χ3v) is 9.17. The molecule has 3 aromatic rings. The van der Waals surface area contributed by atoms with Gasteiger partial charge in [-0.05, 0) is 30.5 Å². The topological polar surface area (TPSA) is 158 Å². The van der Waals surface area contributed by atoms with E-state index in [2.05, 4.69) is 10.0 Å². The van der Waals surface area contributed by atoms with E-state index in [-0.39, 0.29) is 19.8 Å². The van der Waals surface area contributed by atoms with Crippen LogP contribution in [0, 0.1) is 0 Å². The van der Waals surface area contributed by atoms with Crippen LogP contribution >= 0.6 is 0 Å². The zero-order chi connectivity index (χ0) is 35.4. The Kier molecular flexibility index (Phi) is 11.0. The monoisotopic (exact) mass is 703 g/mol. The van der Waals surface area contributed by atoms with Crippen molar-refractivity contribution in [3.05, 3.63) is 118 Å². The van der Waals surface area contributed by atoms with Gasteiger partial charge >= 0.3 is 5.97 Å². The summed E-state index contributed by atoms with van der Waals surface area (Å²) >= 11 is 0. The number of hydrogen-bond acceptors (Lipinski definition) is 12. The van der Waals surface area contributed by atoms with Gasteiger partial charge in [0.05, 0.1) is 26.9 Å². The number of fused-ring (bicyclic) bond motifs is 2. The van der Waals surface area contributed by atoms with Gasteiger partial charge in [-0.15, -0.1) is 0 Å². The molecule has 4 aliphatic rings. The first-order valence-corrected chi connectivity index (χ1v) is 16.9. The molecule has 0 saturated carbocycles. The van der Waals surface area contributed by atoms with Crippen LogP contribution in [0.1, 0.15) is 36.8 Å². The smallest absolute Gasteiger partial charge is 0.337 e. The van der Waals surface area contributed by atoms with Gasteiger partial charge in [0.2, 0.25) is 0 Å². The molecular weight excluding hydrogens is 662 g/mol. The lowest BCUT2D eigenvalue weighted by atomic mass is 9.94. The maximum atomic E-state index is 13.4. The molecule has 0 amide bonds. The van der Waals surface area contributed by atoms with Crippen molar-refractivity contribution in [3.8, 4) is 0 Å². The molecule has 4 aliphatic heterocycles. The van der Waals surface area contributed by atoms with Crippen molar-refractivity contribution in [2.75, 3.05) is 13.7 Å². The summed E-state index contributed by atoms with van der Waals surface area (Å²) < 4.78 is 62.4. The largest absolute Gasteiger partial charge is 0.467 e. The molecule has 4 fully saturated rings. The molecule has 4 heterocycles. The van der Waals surface area contributed by atoms with E-state index in [1.54, 1.807) is 13.8 Å². The molecule has 0 bridgehead atoms. The van der Waals surface area contributed by atoms with Crippen molar-refractivity contribution in [1.82, 2.24) is 0 Å². The van der Waals surface area contributed by atoms with E-state index < -0.39 is 79.4 Å². The number of ether oxygens (including phenoxy) is 10. The Bertz CT molecular complexity index is 1650. The zero-order valence-corrected chi connectivity index (χ0v) is 28.5. The number of benzene rings is 3. The first-order valence-electron chi connectivity index (χ1n) is 16.9. The van der Waals surface area contributed by atoms with E-state index in [4.69, 9.17) is 47.4 Å². The van der Waals surface area contributed by atoms with Gasteiger partial charge in [-0.25, -0.2) is 4.79 Å². The molecule has 51 heavy (non-hydrogen) atoms. The Balaban J connectivity index is 1.21. The first-order chi connectivity index (χ1) is 24.8. The van der Waals surface area contributed by atoms with E-state index in [0.717, 1.165) is 16.7 Å². The highest BCUT2D eigenvalue weighted by molar-refractivity contribution is 5.75. The van der Waals surface area contributed by atoms with Crippen molar-refractivity contribution < 1.29 is 52.2 Å². The lowest BCUT2D eigenvalue weighted by molar-refractivity contribution is -0.366. The van der Waals surface area contributed by atoms with Crippen LogP contribution < -0.4 is 0 Å². The standard InChI is InChI=1S/C37H41N3O11/c1-37(2)50-32-29(44-20-23-15-9-5-10-16-23)30(31(33(41)42-3)49-36(32)51-37)48-35-26(39-40-38)28(43-19-22-13-7-4-8-14-22)27-25(46-35)21-45-34(47-27)24-17-11-6-12-18-24/h4-18,25-32,34-36H,19-21H2,1-3H3/t25-,26-,27-,28-,29+,30+,31-,32-,34?,35-,36-/m1/s1. The highest BCUT2D eigenvalue weighted by Gasteiger charge is 2.60. The van der Waals surface area contributed by atoms with Crippen molar-refractivity contribution in [1.29, 1.82) is 0 Å². The second-order valence-corrected chi connectivity index (χ2v) is 13.1. The molecule has 14 heteroatoms. The van der Waals surface area contributed by atoms with Gasteiger partial charge in [-0.1, -0.05) is 96.1 Å². The summed E-state index contributed by atoms with van der Waals surface area (Å²) in [4.78, 5) is 16.5. The molecule has 7 rings (SSSR count). The van der Waals surface area contributed by atoms with Crippen LogP contribution in [0.2, 0.25) is 0 Å². The SMILES string of the molecule is COC(=O)[C@@H]1O[C@@H]2OC(C)(C)O[C@@H]2[C@@H](OCc2ccccc2)[C@@H]1O[C@H]1O[C@@H]2COC(c3ccccc3)O[C@H]2[C@H](OCc2ccccc2)[C@H]1N=[N+]=[N-]. The zero-order valence-electron chi connectivity index (χ0n) is 28.5. The van der Waals surface area contributed by atoms with Crippen LogP contribution in [-0.2, 0) is 65.4 Å². The number of carbonyl (C=O) groups is 1. The number of azide groups is 1. The minimum absolute atomic E-state index is 0.115. The molecular formula is C37H41N3O11. The molecule has 11 atom stereocenters. The molecule has 1 unspecified atom stereocenters. The highest BCUT2D eigenvalue weighted by atomic mass is 16.8. The maximum Gasteiger partial charge on any atom is 0.337 e. The van der Waals surface area contributed by atoms with Gasteiger partial charge in [0.1, 0.15) is 42.7 Å². The fraction of sp³-hybridized carbons (Fsp3) is 0.486. The molecule has 0 N–H and O–H groups in total. The Hall–Kier alpha value is -3.92. The van der Waals surface area contributed by atoms with Gasteiger partial charge in [-0.3, -0.25) is 0 Å². The molecule has 270 valence electrons. The van der Waals surface area contributed by atoms with Crippen LogP contribution in [-0.4, -0.2) is 86.8 Å². The fourth-order valence-corrected chi connectivity index (χ4v) is 6.82. The molecule has 0 aromatic heterocycles. The second kappa shape index (κ2) is 15.8. The summed E-state index contributed by atoms with van der Waals surface area (Å²) in [5.41, 5.74) is 12.5. The number of carbonyl (C=O) groups excluding carboxylic acids is 1. The summed E-state index contributed by atoms with van der Waals surface area (Å²) in [6, 6.07) is 27.6. The van der Waals surface area contributed by atoms with Crippen molar-refractivity contribution in [3.63, 3.8) is 0 Å². The Morgan fingerprint density at radius 2 is 1.45 bits per heavy atom. The third kappa shape index (κ3) is 7.96. The van der Waals surface area contributed by atoms with Gasteiger partial charge in [0.15, 0.2) is 30.8 Å². The summed E-state index contributed by atoms with van der Waals surface area (Å²) in [6.45, 7) is 3.95. The lowest BCUT2D eigenvalue weighted by Crippen LogP contribution is -2.66. The predicted molar refractivity (Wildman–Crippen MR) is 177 cm³/mol. The molecule has 4 saturated heterocycles. The van der Waals surface area contributed by atoms with Crippen LogP contribution in [0.3, 0.4) is 0 Å². The number of methoxy groups -OCH3 is 1. The van der Waals surface area contributed by atoms with Crippen LogP contribution in [0.5, 0.6) is 0 Å². The summed E-state index contributed by atoms with van der Waals surface area (Å²) in [6.07, 6.45) is -9.45. The van der Waals surface area contributed by atoms with Crippen LogP contribution in [0.25, 0.3) is 10.4 Å². The lowest BCUT2D eigenvalue weighted by Gasteiger charge is -2.50. The van der Waals surface area contributed by atoms with E-state index in [9.17, 15) is 10.3 Å². The van der Waals surface area contributed by atoms with E-state index in [1.165, 1.54) is 7.11 Å². The Morgan fingerprint density at radius 3 is 2.08 bits per heavy atom. The van der Waals surface area contributed by atoms with Gasteiger partial charge in [0, 0.05) is 10.5 Å². The number of rotatable bonds is 11. The molecule has 0 radical (unpaired) electrons. The molecule has 14 nitrogen and oxygen atoms in total. The van der Waals surface area contributed by atoms with Crippen LogP contribution in [0.15, 0.2) is 96.1 Å². The fourth-order valence-electron chi connectivity index (χ4n) is 6.82. The quantitative estimate of drug-likeness (QED) is 0.113. The van der Waals surface area contributed by atoms with Gasteiger partial charge in [-0.2, -0.15) is 0 Å². The first kappa shape index (κ1) is 35.5. The van der Waals surface area contributed by atoms with E-state index in [0.29, 0.717) is 0 Å². The van der Waals surface area contributed by atoms with Gasteiger partial charge in [0.25, 0.3) is 0 Å². The average molecular weight is 704 g/mol. The minimum Gasteiger partial charge on any atom is -0.467 e. The highest BCUT2D eigenvalue weighted by Crippen LogP contribution is 2.42. The average Bonchev–Trinajstić information content (AvgIpc) is 3.48. The maximum absolute atomic E-state index is 13.4. The third-order valence-electron chi connectivity index (χ3n) is 9.17. The number of nitrogens with zero attached hydrogens (tertiary/aromatic N) is 3. The summed E-state index contributed by atoms with van der Waals surface area (Å²) in [7, 11) is 1.25. The molecule has 0 spiro atoms. The Labute approximate surface area is 295 Å². The Morgan fingerprint density at radius 1 is 0.824 bits per heavy atom. The van der Waals surface area contributed by atoms with Crippen molar-refractivity contribution >= 4 is 5.97 Å². The van der Waals surface area contributed by atoms with Crippen LogP contribution in [0.4, 0.5) is 0 Å². The van der Waals surface area contributed by atoms with Gasteiger partial charge < -0.3 is 47.4 Å². The minimum atomic E-state index is -1.33. The van der Waals surface area contributed by atoms with Crippen molar-refractivity contribution in [2.45, 2.75) is 100 Å². The molecule has 0 aliphatic carbocycles. The number of esters is 1. The van der Waals surface area contributed by atoms with E-state index >= 15 is 0 Å². The summed E-state index contributed by atoms with van der Waals surface area (Å²) in [5, 5.41) is 4.14. The number of hydrogen-bond donors (Lipinski definition) is 0. The normalized spacial score (nSPS) is 34.1. The predicted octanol–water partition coefficient (Wildman–Crippen LogP) is 5.11. The summed E-state index contributed by atoms with van der Waals surface area (Å²) in [5.74, 6) is -1.77. The van der Waals surface area contributed by atoms with E-state index in [1.807, 2.05) is 91.0 Å².